The van der Waals surface area contributed by atoms with Gasteiger partial charge in [0.1, 0.15) is 11.3 Å². The van der Waals surface area contributed by atoms with Crippen LogP contribution < -0.4 is 15.0 Å². The maximum atomic E-state index is 13.3. The van der Waals surface area contributed by atoms with Gasteiger partial charge >= 0.3 is 0 Å². The highest BCUT2D eigenvalue weighted by molar-refractivity contribution is 6.09. The van der Waals surface area contributed by atoms with Crippen molar-refractivity contribution < 1.29 is 14.3 Å². The van der Waals surface area contributed by atoms with Crippen LogP contribution in [0.2, 0.25) is 0 Å². The fourth-order valence-electron chi connectivity index (χ4n) is 4.39. The lowest BCUT2D eigenvalue weighted by Crippen LogP contribution is -2.38. The van der Waals surface area contributed by atoms with Crippen LogP contribution in [0, 0.1) is 22.7 Å². The number of carbonyl (C=O) groups excluding carboxylic acids is 1. The SMILES string of the molecule is CC(C#N)C1(C)COc2cc(N3CCOCC3)c(NC(=O)c3cnn4cccnc34)cc2C1. The number of hydrogen-bond donors (Lipinski definition) is 1. The number of aromatic nitrogens is 3. The topological polar surface area (TPSA) is 105 Å². The molecule has 1 aromatic carbocycles. The van der Waals surface area contributed by atoms with Crippen molar-refractivity contribution in [2.75, 3.05) is 43.1 Å². The van der Waals surface area contributed by atoms with Crippen molar-refractivity contribution in [3.05, 3.63) is 47.9 Å². The monoisotopic (exact) mass is 446 g/mol. The fourth-order valence-corrected chi connectivity index (χ4v) is 4.39. The summed E-state index contributed by atoms with van der Waals surface area (Å²) in [6.45, 7) is 7.19. The number of morpholine rings is 1. The van der Waals surface area contributed by atoms with E-state index in [-0.39, 0.29) is 17.2 Å². The van der Waals surface area contributed by atoms with E-state index in [1.165, 1.54) is 6.20 Å². The number of fused-ring (bicyclic) bond motifs is 2. The molecule has 2 unspecified atom stereocenters. The van der Waals surface area contributed by atoms with Crippen molar-refractivity contribution in [3.8, 4) is 11.8 Å². The molecule has 4 heterocycles. The van der Waals surface area contributed by atoms with Crippen molar-refractivity contribution in [3.63, 3.8) is 0 Å². The van der Waals surface area contributed by atoms with Gasteiger partial charge in [0, 0.05) is 37.0 Å². The summed E-state index contributed by atoms with van der Waals surface area (Å²) in [5.41, 5.74) is 3.19. The molecule has 2 aliphatic heterocycles. The second-order valence-corrected chi connectivity index (χ2v) is 8.95. The lowest BCUT2D eigenvalue weighted by Gasteiger charge is -2.38. The van der Waals surface area contributed by atoms with E-state index in [2.05, 4.69) is 33.3 Å². The van der Waals surface area contributed by atoms with Gasteiger partial charge in [0.05, 0.1) is 49.4 Å². The minimum absolute atomic E-state index is 0.160. The third kappa shape index (κ3) is 3.87. The smallest absolute Gasteiger partial charge is 0.261 e. The quantitative estimate of drug-likeness (QED) is 0.657. The molecule has 0 radical (unpaired) electrons. The Morgan fingerprint density at radius 3 is 2.94 bits per heavy atom. The van der Waals surface area contributed by atoms with E-state index in [1.807, 2.05) is 19.1 Å². The van der Waals surface area contributed by atoms with Gasteiger partial charge in [-0.2, -0.15) is 10.4 Å². The summed E-state index contributed by atoms with van der Waals surface area (Å²) < 4.78 is 13.2. The molecule has 2 aliphatic rings. The molecular formula is C24H26N6O3. The average molecular weight is 447 g/mol. The van der Waals surface area contributed by atoms with E-state index in [0.29, 0.717) is 43.1 Å². The second-order valence-electron chi connectivity index (χ2n) is 8.95. The van der Waals surface area contributed by atoms with Crippen LogP contribution in [0.1, 0.15) is 29.8 Å². The molecule has 9 heteroatoms. The molecule has 3 aromatic rings. The summed E-state index contributed by atoms with van der Waals surface area (Å²) in [6.07, 6.45) is 5.62. The van der Waals surface area contributed by atoms with E-state index in [1.54, 1.807) is 23.0 Å². The number of carbonyl (C=O) groups is 1. The summed E-state index contributed by atoms with van der Waals surface area (Å²) in [5.74, 6) is 0.366. The molecule has 0 aliphatic carbocycles. The number of nitrogens with one attached hydrogen (secondary N) is 1. The first-order valence-corrected chi connectivity index (χ1v) is 11.1. The zero-order valence-corrected chi connectivity index (χ0v) is 18.7. The van der Waals surface area contributed by atoms with Crippen molar-refractivity contribution in [1.82, 2.24) is 14.6 Å². The van der Waals surface area contributed by atoms with Crippen LogP contribution in [0.25, 0.3) is 5.65 Å². The molecule has 1 saturated heterocycles. The third-order valence-corrected chi connectivity index (χ3v) is 6.69. The Kier molecular flexibility index (Phi) is 5.38. The van der Waals surface area contributed by atoms with Gasteiger partial charge in [-0.05, 0) is 31.0 Å². The Balaban J connectivity index is 1.52. The molecule has 1 amide bonds. The molecule has 9 nitrogen and oxygen atoms in total. The number of hydrogen-bond acceptors (Lipinski definition) is 7. The number of anilines is 2. The predicted octanol–water partition coefficient (Wildman–Crippen LogP) is 2.92. The van der Waals surface area contributed by atoms with Gasteiger partial charge in [0.15, 0.2) is 5.65 Å². The average Bonchev–Trinajstić information content (AvgIpc) is 3.28. The largest absolute Gasteiger partial charge is 0.493 e. The van der Waals surface area contributed by atoms with Crippen LogP contribution in [0.5, 0.6) is 5.75 Å². The van der Waals surface area contributed by atoms with Gasteiger partial charge in [-0.1, -0.05) is 6.92 Å². The summed E-state index contributed by atoms with van der Waals surface area (Å²) in [6, 6.07) is 8.11. The van der Waals surface area contributed by atoms with Crippen molar-refractivity contribution in [2.45, 2.75) is 20.3 Å². The van der Waals surface area contributed by atoms with Crippen molar-refractivity contribution >= 4 is 22.9 Å². The molecule has 0 bridgehead atoms. The Hall–Kier alpha value is -3.64. The lowest BCUT2D eigenvalue weighted by molar-refractivity contribution is 0.102. The summed E-state index contributed by atoms with van der Waals surface area (Å²) in [5, 5.41) is 16.8. The molecule has 1 fully saturated rings. The summed E-state index contributed by atoms with van der Waals surface area (Å²) >= 11 is 0. The van der Waals surface area contributed by atoms with Gasteiger partial charge in [0.25, 0.3) is 5.91 Å². The van der Waals surface area contributed by atoms with E-state index < -0.39 is 0 Å². The molecule has 0 spiro atoms. The van der Waals surface area contributed by atoms with Crippen LogP contribution in [-0.2, 0) is 11.2 Å². The molecule has 33 heavy (non-hydrogen) atoms. The highest BCUT2D eigenvalue weighted by Gasteiger charge is 2.37. The Bertz CT molecular complexity index is 1240. The van der Waals surface area contributed by atoms with Gasteiger partial charge in [-0.25, -0.2) is 9.50 Å². The van der Waals surface area contributed by atoms with Crippen LogP contribution in [-0.4, -0.2) is 53.4 Å². The van der Waals surface area contributed by atoms with Gasteiger partial charge < -0.3 is 19.7 Å². The number of ether oxygens (including phenoxy) is 2. The number of nitrogens with zero attached hydrogens (tertiary/aromatic N) is 5. The maximum absolute atomic E-state index is 13.3. The van der Waals surface area contributed by atoms with Crippen LogP contribution in [0.15, 0.2) is 36.8 Å². The Labute approximate surface area is 191 Å². The standard InChI is InChI=1S/C24H26N6O3/c1-16(13-25)24(2)12-17-10-19(20(11-21(17)33-15-24)29-6-8-32-9-7-29)28-23(31)18-14-27-30-5-3-4-26-22(18)30/h3-5,10-11,14,16H,6-9,12,15H2,1-2H3,(H,28,31). The van der Waals surface area contributed by atoms with Gasteiger partial charge in [0.2, 0.25) is 0 Å². The molecule has 2 aromatic heterocycles. The zero-order valence-electron chi connectivity index (χ0n) is 18.7. The maximum Gasteiger partial charge on any atom is 0.261 e. The van der Waals surface area contributed by atoms with Crippen LogP contribution in [0.3, 0.4) is 0 Å². The highest BCUT2D eigenvalue weighted by Crippen LogP contribution is 2.43. The van der Waals surface area contributed by atoms with E-state index >= 15 is 0 Å². The van der Waals surface area contributed by atoms with E-state index in [4.69, 9.17) is 9.47 Å². The molecule has 2 atom stereocenters. The van der Waals surface area contributed by atoms with Crippen LogP contribution >= 0.6 is 0 Å². The molecule has 0 saturated carbocycles. The Morgan fingerprint density at radius 1 is 1.33 bits per heavy atom. The van der Waals surface area contributed by atoms with E-state index in [0.717, 1.165) is 30.1 Å². The van der Waals surface area contributed by atoms with E-state index in [9.17, 15) is 10.1 Å². The zero-order chi connectivity index (χ0) is 23.0. The van der Waals surface area contributed by atoms with Gasteiger partial charge in [-0.3, -0.25) is 4.79 Å². The first kappa shape index (κ1) is 21.2. The first-order chi connectivity index (χ1) is 16.0. The number of amides is 1. The molecule has 170 valence electrons. The van der Waals surface area contributed by atoms with Gasteiger partial charge in [-0.15, -0.1) is 0 Å². The molecule has 5 rings (SSSR count). The first-order valence-electron chi connectivity index (χ1n) is 11.1. The lowest BCUT2D eigenvalue weighted by atomic mass is 9.73. The number of rotatable bonds is 4. The molecular weight excluding hydrogens is 420 g/mol. The van der Waals surface area contributed by atoms with Crippen LogP contribution in [0.4, 0.5) is 11.4 Å². The number of benzene rings is 1. The second kappa shape index (κ2) is 8.37. The number of nitriles is 1. The van der Waals surface area contributed by atoms with Crippen molar-refractivity contribution in [2.24, 2.45) is 11.3 Å². The minimum atomic E-state index is -0.296. The normalized spacial score (nSPS) is 21.1. The third-order valence-electron chi connectivity index (χ3n) is 6.69. The predicted molar refractivity (Wildman–Crippen MR) is 122 cm³/mol. The summed E-state index contributed by atoms with van der Waals surface area (Å²) in [7, 11) is 0. The minimum Gasteiger partial charge on any atom is -0.493 e. The molecule has 1 N–H and O–H groups in total. The van der Waals surface area contributed by atoms with Crippen molar-refractivity contribution in [1.29, 1.82) is 5.26 Å². The Morgan fingerprint density at radius 2 is 2.15 bits per heavy atom. The fraction of sp³-hybridized carbons (Fsp3) is 0.417. The highest BCUT2D eigenvalue weighted by atomic mass is 16.5. The summed E-state index contributed by atoms with van der Waals surface area (Å²) in [4.78, 5) is 19.7.